The van der Waals surface area contributed by atoms with Gasteiger partial charge in [-0.15, -0.1) is 13.2 Å². The molecule has 0 aliphatic carbocycles. The minimum atomic E-state index is 0.00309. The third-order valence-corrected chi connectivity index (χ3v) is 3.41. The van der Waals surface area contributed by atoms with Crippen molar-refractivity contribution in [2.24, 2.45) is 0 Å². The number of phenols is 1. The molecule has 1 aliphatic rings. The van der Waals surface area contributed by atoms with Crippen molar-refractivity contribution >= 4 is 11.6 Å². The van der Waals surface area contributed by atoms with Gasteiger partial charge in [0.15, 0.2) is 0 Å². The Morgan fingerprint density at radius 1 is 1.25 bits per heavy atom. The lowest BCUT2D eigenvalue weighted by Crippen LogP contribution is -2.26. The van der Waals surface area contributed by atoms with Gasteiger partial charge in [-0.05, 0) is 18.1 Å². The number of carbonyl (C=O) groups excluding carboxylic acids is 1. The fraction of sp³-hybridized carbons (Fsp3) is 0.312. The van der Waals surface area contributed by atoms with E-state index in [1.807, 2.05) is 18.2 Å². The van der Waals surface area contributed by atoms with Crippen LogP contribution in [0.1, 0.15) is 17.5 Å². The standard InChI is InChI=1S/C16H20N2O2/c1-3-9-18(10-4-2)11-12-5-7-14(19)13-6-8-15(20)17-16(12)13/h3-5,7,19H,1-2,6,8-11H2,(H,17,20). The van der Waals surface area contributed by atoms with Gasteiger partial charge in [0.2, 0.25) is 5.91 Å². The van der Waals surface area contributed by atoms with Crippen molar-refractivity contribution in [3.63, 3.8) is 0 Å². The van der Waals surface area contributed by atoms with Crippen LogP contribution in [0.2, 0.25) is 0 Å². The number of hydrogen-bond donors (Lipinski definition) is 2. The Balaban J connectivity index is 2.29. The van der Waals surface area contributed by atoms with Gasteiger partial charge in [0, 0.05) is 31.6 Å². The van der Waals surface area contributed by atoms with Crippen molar-refractivity contribution in [2.45, 2.75) is 19.4 Å². The first-order chi connectivity index (χ1) is 9.65. The Labute approximate surface area is 119 Å². The molecule has 1 amide bonds. The highest BCUT2D eigenvalue weighted by atomic mass is 16.3. The van der Waals surface area contributed by atoms with E-state index in [9.17, 15) is 9.90 Å². The first-order valence-electron chi connectivity index (χ1n) is 6.73. The Morgan fingerprint density at radius 3 is 2.60 bits per heavy atom. The molecule has 0 bridgehead atoms. The number of aromatic hydroxyl groups is 1. The van der Waals surface area contributed by atoms with Gasteiger partial charge in [-0.2, -0.15) is 0 Å². The van der Waals surface area contributed by atoms with Gasteiger partial charge >= 0.3 is 0 Å². The largest absolute Gasteiger partial charge is 0.508 e. The molecule has 20 heavy (non-hydrogen) atoms. The molecule has 0 spiro atoms. The Bertz CT molecular complexity index is 528. The predicted molar refractivity (Wildman–Crippen MR) is 80.7 cm³/mol. The highest BCUT2D eigenvalue weighted by molar-refractivity contribution is 5.95. The highest BCUT2D eigenvalue weighted by Crippen LogP contribution is 2.34. The minimum absolute atomic E-state index is 0.00309. The third kappa shape index (κ3) is 3.08. The number of rotatable bonds is 6. The van der Waals surface area contributed by atoms with E-state index < -0.39 is 0 Å². The Hall–Kier alpha value is -2.07. The fourth-order valence-electron chi connectivity index (χ4n) is 2.48. The van der Waals surface area contributed by atoms with Crippen LogP contribution in [-0.2, 0) is 17.8 Å². The van der Waals surface area contributed by atoms with Crippen LogP contribution in [0.4, 0.5) is 5.69 Å². The van der Waals surface area contributed by atoms with Gasteiger partial charge in [0.05, 0.1) is 5.69 Å². The second-order valence-corrected chi connectivity index (χ2v) is 4.92. The maximum absolute atomic E-state index is 11.6. The van der Waals surface area contributed by atoms with Crippen LogP contribution in [-0.4, -0.2) is 29.0 Å². The van der Waals surface area contributed by atoms with Gasteiger partial charge < -0.3 is 10.4 Å². The number of phenolic OH excluding ortho intramolecular Hbond substituents is 1. The molecule has 1 aliphatic heterocycles. The Kier molecular flexibility index (Phi) is 4.58. The summed E-state index contributed by atoms with van der Waals surface area (Å²) < 4.78 is 0. The van der Waals surface area contributed by atoms with Crippen LogP contribution < -0.4 is 5.32 Å². The Morgan fingerprint density at radius 2 is 1.95 bits per heavy atom. The van der Waals surface area contributed by atoms with Crippen molar-refractivity contribution < 1.29 is 9.90 Å². The van der Waals surface area contributed by atoms with Gasteiger partial charge in [-0.1, -0.05) is 18.2 Å². The van der Waals surface area contributed by atoms with E-state index in [0.29, 0.717) is 19.4 Å². The smallest absolute Gasteiger partial charge is 0.224 e. The van der Waals surface area contributed by atoms with Crippen molar-refractivity contribution in [1.29, 1.82) is 0 Å². The number of amides is 1. The fourth-order valence-corrected chi connectivity index (χ4v) is 2.48. The van der Waals surface area contributed by atoms with E-state index in [-0.39, 0.29) is 11.7 Å². The molecule has 2 rings (SSSR count). The lowest BCUT2D eigenvalue weighted by molar-refractivity contribution is -0.116. The molecule has 1 heterocycles. The normalized spacial score (nSPS) is 13.8. The average Bonchev–Trinajstić information content (AvgIpc) is 2.42. The predicted octanol–water partition coefficient (Wildman–Crippen LogP) is 2.45. The van der Waals surface area contributed by atoms with E-state index in [4.69, 9.17) is 0 Å². The summed E-state index contributed by atoms with van der Waals surface area (Å²) in [5.41, 5.74) is 2.60. The molecule has 0 radical (unpaired) electrons. The maximum atomic E-state index is 11.6. The molecule has 0 aromatic heterocycles. The zero-order valence-electron chi connectivity index (χ0n) is 11.6. The molecule has 1 aromatic carbocycles. The average molecular weight is 272 g/mol. The number of nitrogens with one attached hydrogen (secondary N) is 1. The highest BCUT2D eigenvalue weighted by Gasteiger charge is 2.21. The zero-order chi connectivity index (χ0) is 14.5. The van der Waals surface area contributed by atoms with Crippen LogP contribution >= 0.6 is 0 Å². The van der Waals surface area contributed by atoms with Crippen molar-refractivity contribution in [3.8, 4) is 5.75 Å². The zero-order valence-corrected chi connectivity index (χ0v) is 11.6. The number of fused-ring (bicyclic) bond motifs is 1. The van der Waals surface area contributed by atoms with Crippen molar-refractivity contribution in [1.82, 2.24) is 4.90 Å². The van der Waals surface area contributed by atoms with E-state index in [0.717, 1.165) is 29.9 Å². The van der Waals surface area contributed by atoms with Gasteiger partial charge in [-0.3, -0.25) is 9.69 Å². The summed E-state index contributed by atoms with van der Waals surface area (Å²) in [7, 11) is 0. The summed E-state index contributed by atoms with van der Waals surface area (Å²) in [6.45, 7) is 9.68. The molecule has 0 saturated carbocycles. The molecule has 0 fully saturated rings. The number of carbonyl (C=O) groups is 1. The molecule has 2 N–H and O–H groups in total. The van der Waals surface area contributed by atoms with Crippen molar-refractivity contribution in [2.75, 3.05) is 18.4 Å². The maximum Gasteiger partial charge on any atom is 0.224 e. The van der Waals surface area contributed by atoms with Gasteiger partial charge in [0.25, 0.3) is 0 Å². The summed E-state index contributed by atoms with van der Waals surface area (Å²) in [5.74, 6) is 0.256. The summed E-state index contributed by atoms with van der Waals surface area (Å²) in [4.78, 5) is 13.7. The van der Waals surface area contributed by atoms with Crippen LogP contribution in [0.15, 0.2) is 37.4 Å². The number of benzene rings is 1. The number of anilines is 1. The number of hydrogen-bond acceptors (Lipinski definition) is 3. The third-order valence-electron chi connectivity index (χ3n) is 3.41. The first kappa shape index (κ1) is 14.3. The van der Waals surface area contributed by atoms with E-state index >= 15 is 0 Å². The van der Waals surface area contributed by atoms with Gasteiger partial charge in [-0.25, -0.2) is 0 Å². The first-order valence-corrected chi connectivity index (χ1v) is 6.73. The molecule has 4 heteroatoms. The molecule has 0 saturated heterocycles. The molecular weight excluding hydrogens is 252 g/mol. The van der Waals surface area contributed by atoms with Crippen LogP contribution in [0.3, 0.4) is 0 Å². The SMILES string of the molecule is C=CCN(CC=C)Cc1ccc(O)c2c1NC(=O)CC2. The van der Waals surface area contributed by atoms with E-state index in [1.165, 1.54) is 0 Å². The minimum Gasteiger partial charge on any atom is -0.508 e. The lowest BCUT2D eigenvalue weighted by atomic mass is 9.97. The summed E-state index contributed by atoms with van der Waals surface area (Å²) >= 11 is 0. The van der Waals surface area contributed by atoms with E-state index in [1.54, 1.807) is 6.07 Å². The van der Waals surface area contributed by atoms with Crippen LogP contribution in [0, 0.1) is 0 Å². The molecule has 106 valence electrons. The second-order valence-electron chi connectivity index (χ2n) is 4.92. The molecule has 0 atom stereocenters. The summed E-state index contributed by atoms with van der Waals surface area (Å²) in [6.07, 6.45) is 4.70. The summed E-state index contributed by atoms with van der Waals surface area (Å²) in [5, 5.41) is 12.8. The van der Waals surface area contributed by atoms with Gasteiger partial charge in [0.1, 0.15) is 5.75 Å². The van der Waals surface area contributed by atoms with E-state index in [2.05, 4.69) is 23.4 Å². The molecule has 4 nitrogen and oxygen atoms in total. The second kappa shape index (κ2) is 6.39. The van der Waals surface area contributed by atoms with Crippen molar-refractivity contribution in [3.05, 3.63) is 48.6 Å². The lowest BCUT2D eigenvalue weighted by Gasteiger charge is -2.25. The monoisotopic (exact) mass is 272 g/mol. The number of nitrogens with zero attached hydrogens (tertiary/aromatic N) is 1. The van der Waals surface area contributed by atoms with Crippen LogP contribution in [0.25, 0.3) is 0 Å². The van der Waals surface area contributed by atoms with Crippen LogP contribution in [0.5, 0.6) is 5.75 Å². The topological polar surface area (TPSA) is 52.6 Å². The molecule has 1 aromatic rings. The quantitative estimate of drug-likeness (QED) is 0.782. The summed E-state index contributed by atoms with van der Waals surface area (Å²) in [6, 6.07) is 3.56. The molecular formula is C16H20N2O2. The molecule has 0 unspecified atom stereocenters.